The minimum absolute atomic E-state index is 0.0521. The summed E-state index contributed by atoms with van der Waals surface area (Å²) < 4.78 is 5.11. The molecule has 0 aliphatic carbocycles. The third-order valence-corrected chi connectivity index (χ3v) is 7.38. The van der Waals surface area contributed by atoms with E-state index in [1.807, 2.05) is 42.3 Å². The molecule has 1 fully saturated rings. The highest BCUT2D eigenvalue weighted by atomic mass is 31.1. The van der Waals surface area contributed by atoms with Crippen LogP contribution in [0.4, 0.5) is 5.69 Å². The average molecular weight is 424 g/mol. The van der Waals surface area contributed by atoms with Gasteiger partial charge in [-0.25, -0.2) is 4.99 Å². The van der Waals surface area contributed by atoms with Crippen LogP contribution in [0.2, 0.25) is 0 Å². The molecule has 4 rings (SSSR count). The van der Waals surface area contributed by atoms with Gasteiger partial charge in [0.1, 0.15) is 0 Å². The molecule has 7 heteroatoms. The van der Waals surface area contributed by atoms with Crippen molar-refractivity contribution >= 4 is 31.4 Å². The summed E-state index contributed by atoms with van der Waals surface area (Å²) in [5, 5.41) is 1.09. The number of rotatable bonds is 4. The van der Waals surface area contributed by atoms with Crippen molar-refractivity contribution in [2.45, 2.75) is 25.2 Å². The van der Waals surface area contributed by atoms with Gasteiger partial charge in [-0.05, 0) is 49.6 Å². The van der Waals surface area contributed by atoms with Gasteiger partial charge in [0.25, 0.3) is 5.91 Å². The molecule has 3 aliphatic rings. The van der Waals surface area contributed by atoms with Crippen LogP contribution in [-0.2, 0) is 9.53 Å². The van der Waals surface area contributed by atoms with Crippen LogP contribution >= 0.6 is 8.58 Å². The van der Waals surface area contributed by atoms with Crippen LogP contribution in [0.1, 0.15) is 18.9 Å². The van der Waals surface area contributed by atoms with Gasteiger partial charge in [0.05, 0.1) is 24.3 Å². The Morgan fingerprint density at radius 3 is 2.70 bits per heavy atom. The van der Waals surface area contributed by atoms with Gasteiger partial charge in [0.2, 0.25) is 0 Å². The number of carbonyl (C=O) groups excluding carboxylic acids is 1. The van der Waals surface area contributed by atoms with E-state index in [-0.39, 0.29) is 11.7 Å². The maximum atomic E-state index is 12.9. The Bertz CT molecular complexity index is 933. The number of aliphatic imine (C=N–C) groups is 1. The number of likely N-dealkylation sites (tertiary alicyclic amines) is 1. The van der Waals surface area contributed by atoms with E-state index in [9.17, 15) is 4.79 Å². The Balaban J connectivity index is 1.49. The first-order valence-electron chi connectivity index (χ1n) is 10.3. The summed E-state index contributed by atoms with van der Waals surface area (Å²) in [7, 11) is 6.40. The molecule has 3 unspecified atom stereocenters. The molecule has 30 heavy (non-hydrogen) atoms. The van der Waals surface area contributed by atoms with Gasteiger partial charge in [0.15, 0.2) is 5.90 Å². The summed E-state index contributed by atoms with van der Waals surface area (Å²) >= 11 is 0. The Kier molecular flexibility index (Phi) is 6.07. The number of ether oxygens (including phenoxy) is 1. The highest BCUT2D eigenvalue weighted by Gasteiger charge is 2.31. The van der Waals surface area contributed by atoms with Crippen molar-refractivity contribution in [3.63, 3.8) is 0 Å². The van der Waals surface area contributed by atoms with Crippen LogP contribution in [0, 0.1) is 0 Å². The van der Waals surface area contributed by atoms with Gasteiger partial charge < -0.3 is 19.4 Å². The molecular formula is C23H29N4O2P. The zero-order valence-electron chi connectivity index (χ0n) is 18.0. The van der Waals surface area contributed by atoms with Crippen LogP contribution in [0.3, 0.4) is 0 Å². The van der Waals surface area contributed by atoms with Gasteiger partial charge >= 0.3 is 0 Å². The Labute approximate surface area is 180 Å². The second-order valence-electron chi connectivity index (χ2n) is 8.04. The van der Waals surface area contributed by atoms with Crippen molar-refractivity contribution in [1.29, 1.82) is 0 Å². The lowest BCUT2D eigenvalue weighted by Crippen LogP contribution is -2.38. The van der Waals surface area contributed by atoms with Crippen LogP contribution in [-0.4, -0.2) is 72.6 Å². The summed E-state index contributed by atoms with van der Waals surface area (Å²) in [5.41, 5.74) is 3.06. The molecule has 0 radical (unpaired) electrons. The molecule has 3 heterocycles. The van der Waals surface area contributed by atoms with E-state index in [2.05, 4.69) is 41.0 Å². The molecule has 3 aliphatic heterocycles. The maximum absolute atomic E-state index is 12.9. The largest absolute Gasteiger partial charge is 0.484 e. The fourth-order valence-corrected chi connectivity index (χ4v) is 5.35. The molecule has 0 saturated carbocycles. The number of allylic oxidation sites excluding steroid dienone is 1. The summed E-state index contributed by atoms with van der Waals surface area (Å²) in [6.45, 7) is 3.87. The molecule has 0 N–H and O–H groups in total. The van der Waals surface area contributed by atoms with Crippen LogP contribution in [0.15, 0.2) is 59.4 Å². The van der Waals surface area contributed by atoms with E-state index in [4.69, 9.17) is 4.74 Å². The number of carbonyl (C=O) groups is 1. The lowest BCUT2D eigenvalue weighted by atomic mass is 10.1. The molecule has 1 saturated heterocycles. The first kappa shape index (κ1) is 20.8. The first-order valence-corrected chi connectivity index (χ1v) is 11.3. The van der Waals surface area contributed by atoms with E-state index in [1.54, 1.807) is 13.2 Å². The third kappa shape index (κ3) is 4.35. The quantitative estimate of drug-likeness (QED) is 0.421. The molecule has 1 amide bonds. The van der Waals surface area contributed by atoms with E-state index < -0.39 is 0 Å². The zero-order valence-corrected chi connectivity index (χ0v) is 19.0. The van der Waals surface area contributed by atoms with Gasteiger partial charge in [-0.3, -0.25) is 4.79 Å². The van der Waals surface area contributed by atoms with Crippen molar-refractivity contribution in [3.05, 3.63) is 60.0 Å². The molecule has 0 aromatic heterocycles. The van der Waals surface area contributed by atoms with Crippen LogP contribution in [0.25, 0.3) is 5.31 Å². The second kappa shape index (κ2) is 8.75. The normalized spacial score (nSPS) is 25.0. The topological polar surface area (TPSA) is 48.4 Å². The number of hydrogen-bond acceptors (Lipinski definition) is 5. The monoisotopic (exact) mass is 424 g/mol. The fourth-order valence-electron chi connectivity index (χ4n) is 3.96. The standard InChI is InChI=1S/C23H29N4O2P/c1-16(29-4)24-18-7-5-17(6-8-18)21-13-22(28)27-15-20(9-10-23(27)30-21)26-12-11-19(14-26)25(2)3/h5-10,13,15,19,23,30H,11-12,14H2,1-4H3/b24-16-. The summed E-state index contributed by atoms with van der Waals surface area (Å²) in [6, 6.07) is 8.56. The predicted molar refractivity (Wildman–Crippen MR) is 124 cm³/mol. The first-order chi connectivity index (χ1) is 14.4. The molecule has 6 nitrogen and oxygen atoms in total. The van der Waals surface area contributed by atoms with E-state index >= 15 is 0 Å². The number of methoxy groups -OCH3 is 1. The number of nitrogens with zero attached hydrogens (tertiary/aromatic N) is 4. The van der Waals surface area contributed by atoms with Crippen LogP contribution in [0.5, 0.6) is 0 Å². The van der Waals surface area contributed by atoms with E-state index in [0.29, 0.717) is 20.5 Å². The lowest BCUT2D eigenvalue weighted by Gasteiger charge is -2.35. The number of benzene rings is 1. The number of hydrogen-bond donors (Lipinski definition) is 0. The van der Waals surface area contributed by atoms with Gasteiger partial charge in [0, 0.05) is 38.3 Å². The Morgan fingerprint density at radius 1 is 1.27 bits per heavy atom. The van der Waals surface area contributed by atoms with Crippen molar-refractivity contribution < 1.29 is 9.53 Å². The zero-order chi connectivity index (χ0) is 21.3. The number of likely N-dealkylation sites (N-methyl/N-ethyl adjacent to an activating group) is 1. The maximum Gasteiger partial charge on any atom is 0.252 e. The van der Waals surface area contributed by atoms with Crippen molar-refractivity contribution in [3.8, 4) is 0 Å². The van der Waals surface area contributed by atoms with Crippen LogP contribution < -0.4 is 0 Å². The SMILES string of the molecule is CO/C(C)=N\c1ccc(C2=CC(=O)N3C=C(N4CCC(N(C)C)C4)C=CC3P2)cc1. The minimum atomic E-state index is 0.0521. The van der Waals surface area contributed by atoms with Crippen molar-refractivity contribution in [2.24, 2.45) is 4.99 Å². The highest BCUT2D eigenvalue weighted by molar-refractivity contribution is 7.51. The molecule has 3 atom stereocenters. The molecular weight excluding hydrogens is 395 g/mol. The smallest absolute Gasteiger partial charge is 0.252 e. The van der Waals surface area contributed by atoms with E-state index in [1.165, 1.54) is 0 Å². The second-order valence-corrected chi connectivity index (χ2v) is 9.46. The molecule has 0 spiro atoms. The lowest BCUT2D eigenvalue weighted by molar-refractivity contribution is -0.123. The molecule has 158 valence electrons. The number of amides is 1. The Hall–Kier alpha value is -2.43. The molecule has 0 bridgehead atoms. The molecule has 1 aromatic rings. The van der Waals surface area contributed by atoms with Gasteiger partial charge in [-0.2, -0.15) is 0 Å². The summed E-state index contributed by atoms with van der Waals surface area (Å²) in [6.07, 6.45) is 9.35. The number of fused-ring (bicyclic) bond motifs is 1. The Morgan fingerprint density at radius 2 is 2.03 bits per heavy atom. The van der Waals surface area contributed by atoms with Crippen molar-refractivity contribution in [1.82, 2.24) is 14.7 Å². The predicted octanol–water partition coefficient (Wildman–Crippen LogP) is 3.62. The summed E-state index contributed by atoms with van der Waals surface area (Å²) in [4.78, 5) is 23.8. The van der Waals surface area contributed by atoms with Gasteiger partial charge in [-0.15, -0.1) is 0 Å². The minimum Gasteiger partial charge on any atom is -0.484 e. The van der Waals surface area contributed by atoms with Gasteiger partial charge in [-0.1, -0.05) is 26.8 Å². The highest BCUT2D eigenvalue weighted by Crippen LogP contribution is 2.45. The summed E-state index contributed by atoms with van der Waals surface area (Å²) in [5.74, 6) is 0.773. The third-order valence-electron chi connectivity index (χ3n) is 5.87. The average Bonchev–Trinajstić information content (AvgIpc) is 3.24. The van der Waals surface area contributed by atoms with Crippen molar-refractivity contribution in [2.75, 3.05) is 34.3 Å². The molecule has 1 aromatic carbocycles. The fraction of sp³-hybridized carbons (Fsp3) is 0.391. The van der Waals surface area contributed by atoms with E-state index in [0.717, 1.165) is 41.8 Å².